The van der Waals surface area contributed by atoms with Gasteiger partial charge in [-0.05, 0) is 49.4 Å². The van der Waals surface area contributed by atoms with Crippen LogP contribution in [-0.2, 0) is 4.79 Å². The Balaban J connectivity index is 1.41. The number of amides is 1. The third kappa shape index (κ3) is 5.56. The molecular formula is C25H18Cl2N2O4S. The van der Waals surface area contributed by atoms with Crippen molar-refractivity contribution in [2.45, 2.75) is 13.0 Å². The van der Waals surface area contributed by atoms with E-state index in [1.165, 1.54) is 17.6 Å². The molecule has 6 nitrogen and oxygen atoms in total. The van der Waals surface area contributed by atoms with Crippen molar-refractivity contribution in [2.75, 3.05) is 0 Å². The van der Waals surface area contributed by atoms with E-state index in [1.54, 1.807) is 55.5 Å². The molecule has 0 spiro atoms. The SMILES string of the molecule is CC(Oc1ccc(Cl)cc1)C(=O)NN=Cc1ccccc1OC(=O)c1sc2ccccc2c1Cl. The van der Waals surface area contributed by atoms with Crippen LogP contribution in [0.2, 0.25) is 10.0 Å². The molecule has 9 heteroatoms. The van der Waals surface area contributed by atoms with E-state index >= 15 is 0 Å². The molecule has 1 heterocycles. The van der Waals surface area contributed by atoms with Crippen LogP contribution in [0.1, 0.15) is 22.2 Å². The number of hydrazone groups is 1. The van der Waals surface area contributed by atoms with E-state index in [4.69, 9.17) is 32.7 Å². The molecule has 34 heavy (non-hydrogen) atoms. The van der Waals surface area contributed by atoms with Crippen molar-refractivity contribution >= 4 is 62.7 Å². The van der Waals surface area contributed by atoms with Crippen molar-refractivity contribution in [1.29, 1.82) is 0 Å². The van der Waals surface area contributed by atoms with Crippen LogP contribution in [0.4, 0.5) is 0 Å². The quantitative estimate of drug-likeness (QED) is 0.135. The van der Waals surface area contributed by atoms with Gasteiger partial charge in [-0.3, -0.25) is 4.79 Å². The third-order valence-corrected chi connectivity index (χ3v) is 6.62. The van der Waals surface area contributed by atoms with Crippen molar-refractivity contribution in [3.8, 4) is 11.5 Å². The predicted molar refractivity (Wildman–Crippen MR) is 136 cm³/mol. The van der Waals surface area contributed by atoms with Crippen molar-refractivity contribution in [2.24, 2.45) is 5.10 Å². The summed E-state index contributed by atoms with van der Waals surface area (Å²) in [4.78, 5) is 25.4. The number of halogens is 2. The smallest absolute Gasteiger partial charge is 0.355 e. The van der Waals surface area contributed by atoms with Crippen molar-refractivity contribution in [3.05, 3.63) is 93.3 Å². The van der Waals surface area contributed by atoms with Gasteiger partial charge >= 0.3 is 5.97 Å². The molecule has 3 aromatic carbocycles. The predicted octanol–water partition coefficient (Wildman–Crippen LogP) is 6.34. The molecule has 1 aromatic heterocycles. The molecule has 0 fully saturated rings. The van der Waals surface area contributed by atoms with Crippen LogP contribution in [-0.4, -0.2) is 24.2 Å². The van der Waals surface area contributed by atoms with E-state index in [0.717, 1.165) is 10.1 Å². The number of benzene rings is 3. The topological polar surface area (TPSA) is 77.0 Å². The molecular weight excluding hydrogens is 495 g/mol. The second-order valence-corrected chi connectivity index (χ2v) is 8.98. The van der Waals surface area contributed by atoms with Gasteiger partial charge in [0.05, 0.1) is 11.2 Å². The summed E-state index contributed by atoms with van der Waals surface area (Å²) >= 11 is 13.5. The normalized spacial score (nSPS) is 12.0. The first-order valence-corrected chi connectivity index (χ1v) is 11.7. The number of carbonyl (C=O) groups is 2. The lowest BCUT2D eigenvalue weighted by molar-refractivity contribution is -0.127. The molecule has 0 aliphatic heterocycles. The zero-order valence-electron chi connectivity index (χ0n) is 17.8. The monoisotopic (exact) mass is 512 g/mol. The lowest BCUT2D eigenvalue weighted by Gasteiger charge is -2.12. The van der Waals surface area contributed by atoms with E-state index < -0.39 is 18.0 Å². The maximum absolute atomic E-state index is 12.8. The zero-order valence-corrected chi connectivity index (χ0v) is 20.2. The second kappa shape index (κ2) is 10.7. The highest BCUT2D eigenvalue weighted by Gasteiger charge is 2.20. The number of esters is 1. The van der Waals surface area contributed by atoms with Crippen molar-refractivity contribution in [1.82, 2.24) is 5.43 Å². The highest BCUT2D eigenvalue weighted by atomic mass is 35.5. The van der Waals surface area contributed by atoms with Crippen LogP contribution < -0.4 is 14.9 Å². The van der Waals surface area contributed by atoms with E-state index in [1.807, 2.05) is 24.3 Å². The van der Waals surface area contributed by atoms with E-state index in [0.29, 0.717) is 26.2 Å². The molecule has 1 amide bonds. The summed E-state index contributed by atoms with van der Waals surface area (Å²) in [7, 11) is 0. The number of hydrogen-bond acceptors (Lipinski definition) is 6. The Morgan fingerprint density at radius 3 is 2.47 bits per heavy atom. The number of ether oxygens (including phenoxy) is 2. The van der Waals surface area contributed by atoms with Crippen molar-refractivity contribution in [3.63, 3.8) is 0 Å². The van der Waals surface area contributed by atoms with Gasteiger partial charge in [-0.25, -0.2) is 10.2 Å². The van der Waals surface area contributed by atoms with Crippen LogP contribution in [0.25, 0.3) is 10.1 Å². The molecule has 0 aliphatic rings. The number of hydrogen-bond donors (Lipinski definition) is 1. The molecule has 1 N–H and O–H groups in total. The van der Waals surface area contributed by atoms with Gasteiger partial charge in [-0.15, -0.1) is 11.3 Å². The first kappa shape index (κ1) is 23.8. The van der Waals surface area contributed by atoms with Crippen LogP contribution in [0, 0.1) is 0 Å². The Morgan fingerprint density at radius 2 is 1.71 bits per heavy atom. The Labute approximate surface area is 209 Å². The van der Waals surface area contributed by atoms with Crippen LogP contribution >= 0.6 is 34.5 Å². The molecule has 0 saturated carbocycles. The summed E-state index contributed by atoms with van der Waals surface area (Å²) < 4.78 is 12.0. The molecule has 1 atom stereocenters. The first-order valence-electron chi connectivity index (χ1n) is 10.2. The number of carbonyl (C=O) groups excluding carboxylic acids is 2. The minimum atomic E-state index is -0.790. The average Bonchev–Trinajstić information content (AvgIpc) is 3.18. The first-order chi connectivity index (χ1) is 16.4. The minimum absolute atomic E-state index is 0.282. The fourth-order valence-electron chi connectivity index (χ4n) is 3.00. The standard InChI is InChI=1S/C25H18Cl2N2O4S/c1-15(32-18-12-10-17(26)11-13-18)24(30)29-28-14-16-6-2-4-8-20(16)33-25(31)23-22(27)19-7-3-5-9-21(19)34-23/h2-15H,1H3,(H,29,30). The zero-order chi connectivity index (χ0) is 24.1. The van der Waals surface area contributed by atoms with Crippen LogP contribution in [0.3, 0.4) is 0 Å². The second-order valence-electron chi connectivity index (χ2n) is 7.12. The average molecular weight is 513 g/mol. The molecule has 4 aromatic rings. The fourth-order valence-corrected chi connectivity index (χ4v) is 4.51. The van der Waals surface area contributed by atoms with Crippen LogP contribution in [0.15, 0.2) is 77.9 Å². The number of nitrogens with one attached hydrogen (secondary N) is 1. The summed E-state index contributed by atoms with van der Waals surface area (Å²) in [6.45, 7) is 1.60. The van der Waals surface area contributed by atoms with Gasteiger partial charge < -0.3 is 9.47 Å². The summed E-state index contributed by atoms with van der Waals surface area (Å²) in [5.41, 5.74) is 2.92. The number of rotatable bonds is 7. The molecule has 0 saturated heterocycles. The maximum Gasteiger partial charge on any atom is 0.355 e. The van der Waals surface area contributed by atoms with E-state index in [2.05, 4.69) is 10.5 Å². The van der Waals surface area contributed by atoms with Gasteiger partial charge in [0.1, 0.15) is 16.4 Å². The number of fused-ring (bicyclic) bond motifs is 1. The van der Waals surface area contributed by atoms with Gasteiger partial charge in [0, 0.05) is 20.7 Å². The number of thiophene rings is 1. The molecule has 4 rings (SSSR count). The van der Waals surface area contributed by atoms with E-state index in [9.17, 15) is 9.59 Å². The van der Waals surface area contributed by atoms with Gasteiger partial charge in [0.2, 0.25) is 0 Å². The Hall–Kier alpha value is -3.39. The third-order valence-electron chi connectivity index (χ3n) is 4.72. The Kier molecular flexibility index (Phi) is 7.47. The lowest BCUT2D eigenvalue weighted by Crippen LogP contribution is -2.33. The minimum Gasteiger partial charge on any atom is -0.481 e. The molecule has 1 unspecified atom stereocenters. The lowest BCUT2D eigenvalue weighted by atomic mass is 10.2. The summed E-state index contributed by atoms with van der Waals surface area (Å²) in [6.07, 6.45) is 0.601. The maximum atomic E-state index is 12.8. The van der Waals surface area contributed by atoms with Crippen LogP contribution in [0.5, 0.6) is 11.5 Å². The summed E-state index contributed by atoms with van der Waals surface area (Å²) in [5.74, 6) is -0.225. The van der Waals surface area contributed by atoms with Gasteiger partial charge in [0.15, 0.2) is 6.10 Å². The molecule has 0 aliphatic carbocycles. The fraction of sp³-hybridized carbons (Fsp3) is 0.0800. The van der Waals surface area contributed by atoms with Gasteiger partial charge in [-0.1, -0.05) is 53.5 Å². The number of nitrogens with zero attached hydrogens (tertiary/aromatic N) is 1. The Bertz CT molecular complexity index is 1370. The van der Waals surface area contributed by atoms with E-state index in [-0.39, 0.29) is 5.75 Å². The molecule has 172 valence electrons. The van der Waals surface area contributed by atoms with Gasteiger partial charge in [-0.2, -0.15) is 5.10 Å². The number of para-hydroxylation sites is 1. The summed E-state index contributed by atoms with van der Waals surface area (Å²) in [6, 6.07) is 21.0. The highest BCUT2D eigenvalue weighted by molar-refractivity contribution is 7.21. The summed E-state index contributed by atoms with van der Waals surface area (Å²) in [5, 5.41) is 5.70. The molecule has 0 radical (unpaired) electrons. The Morgan fingerprint density at radius 1 is 1.00 bits per heavy atom. The van der Waals surface area contributed by atoms with Crippen molar-refractivity contribution < 1.29 is 19.1 Å². The van der Waals surface area contributed by atoms with Gasteiger partial charge in [0.25, 0.3) is 5.91 Å². The largest absolute Gasteiger partial charge is 0.481 e. The molecule has 0 bridgehead atoms. The highest BCUT2D eigenvalue weighted by Crippen LogP contribution is 2.36.